The number of aryl methyl sites for hydroxylation is 2. The minimum atomic E-state index is -0.423. The highest BCUT2D eigenvalue weighted by Gasteiger charge is 2.15. The lowest BCUT2D eigenvalue weighted by Crippen LogP contribution is -2.09. The molecule has 0 aliphatic rings. The van der Waals surface area contributed by atoms with E-state index >= 15 is 0 Å². The number of ether oxygens (including phenoxy) is 1. The average Bonchev–Trinajstić information content (AvgIpc) is 3.05. The molecule has 1 heterocycles. The zero-order valence-electron chi connectivity index (χ0n) is 16.0. The van der Waals surface area contributed by atoms with Crippen molar-refractivity contribution in [1.82, 2.24) is 9.78 Å². The van der Waals surface area contributed by atoms with E-state index in [1.165, 1.54) is 11.6 Å². The molecular weight excluding hydrogens is 336 g/mol. The fraction of sp³-hybridized carbons (Fsp3) is 0.217. The minimum Gasteiger partial charge on any atom is -0.404 e. The average molecular weight is 360 g/mol. The van der Waals surface area contributed by atoms with Gasteiger partial charge >= 0.3 is 5.97 Å². The molecular formula is C23H24N2O2. The predicted molar refractivity (Wildman–Crippen MR) is 108 cm³/mol. The fourth-order valence-corrected chi connectivity index (χ4v) is 2.86. The first-order valence-corrected chi connectivity index (χ1v) is 9.19. The van der Waals surface area contributed by atoms with Crippen LogP contribution in [-0.4, -0.2) is 15.7 Å². The number of carbonyl (C=O) groups is 1. The largest absolute Gasteiger partial charge is 0.404 e. The number of hydrogen-bond acceptors (Lipinski definition) is 3. The van der Waals surface area contributed by atoms with Crippen molar-refractivity contribution in [3.8, 4) is 11.6 Å². The van der Waals surface area contributed by atoms with Crippen LogP contribution in [0.3, 0.4) is 0 Å². The maximum Gasteiger partial charge on any atom is 0.337 e. The van der Waals surface area contributed by atoms with Crippen molar-refractivity contribution in [3.05, 3.63) is 83.1 Å². The maximum absolute atomic E-state index is 12.3. The molecule has 3 aromatic rings. The second kappa shape index (κ2) is 8.49. The minimum absolute atomic E-state index is 0.423. The van der Waals surface area contributed by atoms with Crippen molar-refractivity contribution in [2.24, 2.45) is 0 Å². The Labute approximate surface area is 160 Å². The van der Waals surface area contributed by atoms with E-state index < -0.39 is 5.97 Å². The second-order valence-electron chi connectivity index (χ2n) is 6.52. The van der Waals surface area contributed by atoms with Gasteiger partial charge in [0.1, 0.15) is 0 Å². The SMILES string of the molecule is CCCc1cc(OC(=O)/C=C/c2ccccc2)n(-c2cccc(C)c2C)n1. The predicted octanol–water partition coefficient (Wildman–Crippen LogP) is 5.06. The molecule has 0 atom stereocenters. The van der Waals surface area contributed by atoms with E-state index in [2.05, 4.69) is 25.0 Å². The Hall–Kier alpha value is -3.14. The van der Waals surface area contributed by atoms with Crippen LogP contribution in [0.25, 0.3) is 11.8 Å². The molecule has 3 rings (SSSR count). The fourth-order valence-electron chi connectivity index (χ4n) is 2.86. The van der Waals surface area contributed by atoms with E-state index in [0.717, 1.165) is 35.3 Å². The summed E-state index contributed by atoms with van der Waals surface area (Å²) in [6, 6.07) is 17.5. The number of hydrogen-bond donors (Lipinski definition) is 0. The smallest absolute Gasteiger partial charge is 0.337 e. The van der Waals surface area contributed by atoms with Gasteiger partial charge in [-0.2, -0.15) is 5.10 Å². The molecule has 0 saturated carbocycles. The molecule has 0 bridgehead atoms. The van der Waals surface area contributed by atoms with Gasteiger partial charge in [-0.25, -0.2) is 9.48 Å². The number of rotatable bonds is 6. The zero-order chi connectivity index (χ0) is 19.2. The van der Waals surface area contributed by atoms with Crippen molar-refractivity contribution in [2.75, 3.05) is 0 Å². The Morgan fingerprint density at radius 1 is 1.11 bits per heavy atom. The van der Waals surface area contributed by atoms with Crippen molar-refractivity contribution in [3.63, 3.8) is 0 Å². The maximum atomic E-state index is 12.3. The zero-order valence-corrected chi connectivity index (χ0v) is 16.0. The van der Waals surface area contributed by atoms with E-state index in [0.29, 0.717) is 5.88 Å². The van der Waals surface area contributed by atoms with Gasteiger partial charge in [0.2, 0.25) is 5.88 Å². The summed E-state index contributed by atoms with van der Waals surface area (Å²) in [5, 5.41) is 4.66. The molecule has 0 N–H and O–H groups in total. The van der Waals surface area contributed by atoms with Gasteiger partial charge in [-0.05, 0) is 49.1 Å². The molecule has 0 radical (unpaired) electrons. The molecule has 4 heteroatoms. The highest BCUT2D eigenvalue weighted by molar-refractivity contribution is 5.88. The summed E-state index contributed by atoms with van der Waals surface area (Å²) in [7, 11) is 0. The Morgan fingerprint density at radius 2 is 1.89 bits per heavy atom. The lowest BCUT2D eigenvalue weighted by molar-refractivity contribution is -0.129. The molecule has 0 fully saturated rings. The third kappa shape index (κ3) is 4.53. The Balaban J connectivity index is 1.89. The van der Waals surface area contributed by atoms with Crippen LogP contribution in [0.15, 0.2) is 60.7 Å². The van der Waals surface area contributed by atoms with Crippen molar-refractivity contribution >= 4 is 12.0 Å². The molecule has 0 unspecified atom stereocenters. The van der Waals surface area contributed by atoms with Crippen molar-refractivity contribution in [1.29, 1.82) is 0 Å². The van der Waals surface area contributed by atoms with Crippen LogP contribution in [0.1, 0.15) is 35.7 Å². The third-order valence-corrected chi connectivity index (χ3v) is 4.45. The lowest BCUT2D eigenvalue weighted by atomic mass is 10.1. The molecule has 1 aromatic heterocycles. The van der Waals surface area contributed by atoms with Gasteiger partial charge in [0.25, 0.3) is 0 Å². The van der Waals surface area contributed by atoms with Crippen molar-refractivity contribution < 1.29 is 9.53 Å². The summed E-state index contributed by atoms with van der Waals surface area (Å²) in [5.74, 6) is 0.0169. The Kier molecular flexibility index (Phi) is 5.87. The van der Waals surface area contributed by atoms with Crippen molar-refractivity contribution in [2.45, 2.75) is 33.6 Å². The van der Waals surface area contributed by atoms with Gasteiger partial charge < -0.3 is 4.74 Å². The van der Waals surface area contributed by atoms with Gasteiger partial charge in [-0.3, -0.25) is 0 Å². The van der Waals surface area contributed by atoms with Crippen LogP contribution in [0.5, 0.6) is 5.88 Å². The Morgan fingerprint density at radius 3 is 2.63 bits per heavy atom. The number of esters is 1. The molecule has 138 valence electrons. The first-order chi connectivity index (χ1) is 13.1. The van der Waals surface area contributed by atoms with E-state index in [1.807, 2.05) is 55.5 Å². The van der Waals surface area contributed by atoms with Crippen LogP contribution in [0, 0.1) is 13.8 Å². The topological polar surface area (TPSA) is 44.1 Å². The molecule has 0 saturated heterocycles. The molecule has 27 heavy (non-hydrogen) atoms. The van der Waals surface area contributed by atoms with E-state index in [9.17, 15) is 4.79 Å². The van der Waals surface area contributed by atoms with E-state index in [1.54, 1.807) is 10.8 Å². The summed E-state index contributed by atoms with van der Waals surface area (Å²) >= 11 is 0. The first-order valence-electron chi connectivity index (χ1n) is 9.19. The van der Waals surface area contributed by atoms with E-state index in [-0.39, 0.29) is 0 Å². The van der Waals surface area contributed by atoms with Crippen LogP contribution in [0.4, 0.5) is 0 Å². The third-order valence-electron chi connectivity index (χ3n) is 4.45. The van der Waals surface area contributed by atoms with Gasteiger partial charge in [-0.1, -0.05) is 55.8 Å². The van der Waals surface area contributed by atoms with Gasteiger partial charge in [-0.15, -0.1) is 0 Å². The first kappa shape index (κ1) is 18.6. The van der Waals surface area contributed by atoms with Crippen LogP contribution >= 0.6 is 0 Å². The van der Waals surface area contributed by atoms with Gasteiger partial charge in [0, 0.05) is 12.1 Å². The summed E-state index contributed by atoms with van der Waals surface area (Å²) < 4.78 is 7.34. The molecule has 4 nitrogen and oxygen atoms in total. The molecule has 0 spiro atoms. The molecule has 0 aliphatic carbocycles. The van der Waals surface area contributed by atoms with Crippen LogP contribution in [0.2, 0.25) is 0 Å². The standard InChI is InChI=1S/C23H24N2O2/c1-4-9-20-16-22(25(24-20)21-13-8-10-17(2)18(21)3)27-23(26)15-14-19-11-6-5-7-12-19/h5-8,10-16H,4,9H2,1-3H3/b15-14+. The van der Waals surface area contributed by atoms with Crippen LogP contribution < -0.4 is 4.74 Å². The molecule has 0 amide bonds. The monoisotopic (exact) mass is 360 g/mol. The van der Waals surface area contributed by atoms with Crippen LogP contribution in [-0.2, 0) is 11.2 Å². The Bertz CT molecular complexity index is 956. The van der Waals surface area contributed by atoms with E-state index in [4.69, 9.17) is 4.74 Å². The number of carbonyl (C=O) groups excluding carboxylic acids is 1. The summed E-state index contributed by atoms with van der Waals surface area (Å²) in [6.07, 6.45) is 5.00. The highest BCUT2D eigenvalue weighted by Crippen LogP contribution is 2.24. The normalized spacial score (nSPS) is 11.1. The number of aromatic nitrogens is 2. The number of benzene rings is 2. The summed E-state index contributed by atoms with van der Waals surface area (Å²) in [4.78, 5) is 12.3. The quantitative estimate of drug-likeness (QED) is 0.456. The summed E-state index contributed by atoms with van der Waals surface area (Å²) in [5.41, 5.74) is 5.06. The molecule has 0 aliphatic heterocycles. The van der Waals surface area contributed by atoms with Gasteiger partial charge in [0.05, 0.1) is 11.4 Å². The lowest BCUT2D eigenvalue weighted by Gasteiger charge is -2.11. The summed E-state index contributed by atoms with van der Waals surface area (Å²) in [6.45, 7) is 6.21. The molecule has 2 aromatic carbocycles. The van der Waals surface area contributed by atoms with Gasteiger partial charge in [0.15, 0.2) is 0 Å². The second-order valence-corrected chi connectivity index (χ2v) is 6.52. The number of nitrogens with zero attached hydrogens (tertiary/aromatic N) is 2. The highest BCUT2D eigenvalue weighted by atomic mass is 16.5.